The number of rotatable bonds is 35. The number of hydrogen-bond donors (Lipinski definition) is 28. The SMILES string of the molecule is O=C([O-])[C@@H](O)[C@@H](O)[C@H](O)[C@@H](O)C(=O)[O-].O=C([O-])[C@@H](O)[C@@H](O)[C@H](O)[C@@H](O)C(=O)[O-].O=C([O-])[C@@H](O)[C@@H](O)[C@H](O)[C@@H](O)C(=O)[O-].O=C([O-])[C@@H](O)[C@@H](O)[C@H](O)[C@@H](O)C(=O)[O-].O=C([O-])[C@@H](O)[C@@H](O)[C@H](O)[C@@H](O)C(=O)[O-].O=C([O-])[C@@H](O)[C@@H](O)[C@H](O)[C@@H](O)C(=O)[O-].O=C([O-])[C@@H](O)[C@@H](O)[C@H](O)[C@@H](O)C(=O)[O-].[Tc+7].[Tc+7]. The maximum absolute atomic E-state index is 9.96. The van der Waals surface area contributed by atoms with Crippen molar-refractivity contribution < 1.29 is 322 Å². The van der Waals surface area contributed by atoms with Crippen LogP contribution in [0.15, 0.2) is 0 Å². The van der Waals surface area contributed by atoms with E-state index in [4.69, 9.17) is 143 Å². The summed E-state index contributed by atoms with van der Waals surface area (Å²) in [4.78, 5) is 139. The van der Waals surface area contributed by atoms with Crippen LogP contribution in [0.1, 0.15) is 0 Å². The number of hydrogen-bond acceptors (Lipinski definition) is 56. The van der Waals surface area contributed by atoms with Gasteiger partial charge in [0, 0.05) is 0 Å². The van der Waals surface area contributed by atoms with E-state index >= 15 is 0 Å². The Hall–Kier alpha value is -7.24. The zero-order valence-corrected chi connectivity index (χ0v) is 51.6. The summed E-state index contributed by atoms with van der Waals surface area (Å²) < 4.78 is 0. The second kappa shape index (κ2) is 53.6. The molecule has 58 heteroatoms. The third-order valence-electron chi connectivity index (χ3n) is 10.4. The minimum absolute atomic E-state index is 0. The van der Waals surface area contributed by atoms with E-state index in [2.05, 4.69) is 0 Å². The van der Waals surface area contributed by atoms with E-state index in [0.717, 1.165) is 0 Å². The molecule has 0 amide bonds. The molecule has 56 nitrogen and oxygen atoms in total. The summed E-state index contributed by atoms with van der Waals surface area (Å²) in [6.45, 7) is 0. The van der Waals surface area contributed by atoms with E-state index in [1.807, 2.05) is 0 Å². The molecule has 0 aliphatic heterocycles. The molecule has 0 aromatic carbocycles. The van der Waals surface area contributed by atoms with E-state index in [-0.39, 0.29) is 40.2 Å². The molecule has 0 heterocycles. The van der Waals surface area contributed by atoms with Crippen molar-refractivity contribution in [1.82, 2.24) is 0 Å². The molecular weight excluding hydrogens is 1600 g/mol. The largest absolute Gasteiger partial charge is 7.00 e. The van der Waals surface area contributed by atoms with Gasteiger partial charge in [-0.25, -0.2) is 0 Å². The first-order chi connectivity index (χ1) is 44.0. The number of carbonyl (C=O) groups excluding carboxylic acids is 14. The maximum atomic E-state index is 9.96. The van der Waals surface area contributed by atoms with Gasteiger partial charge in [-0.1, -0.05) is 0 Å². The summed E-state index contributed by atoms with van der Waals surface area (Å²) in [5.41, 5.74) is 0. The van der Waals surface area contributed by atoms with E-state index in [0.29, 0.717) is 0 Å². The predicted octanol–water partition coefficient (Wildman–Crippen LogP) is -42.5. The van der Waals surface area contributed by atoms with Crippen molar-refractivity contribution in [3.63, 3.8) is 0 Å². The molecule has 0 aliphatic rings. The van der Waals surface area contributed by atoms with Gasteiger partial charge in [0.15, 0.2) is 0 Å². The Morgan fingerprint density at radius 1 is 0.120 bits per heavy atom. The second-order valence-electron chi connectivity index (χ2n) is 17.6. The Morgan fingerprint density at radius 3 is 0.170 bits per heavy atom. The summed E-state index contributed by atoms with van der Waals surface area (Å²) in [7, 11) is 0. The molecule has 0 unspecified atom stereocenters. The molecule has 0 saturated carbocycles. The fourth-order valence-electron chi connectivity index (χ4n) is 4.57. The molecule has 0 fully saturated rings. The van der Waals surface area contributed by atoms with Gasteiger partial charge < -0.3 is 282 Å². The Kier molecular flexibility index (Phi) is 59.7. The van der Waals surface area contributed by atoms with Gasteiger partial charge >= 0.3 is 40.2 Å². The molecule has 100 heavy (non-hydrogen) atoms. The summed E-state index contributed by atoms with van der Waals surface area (Å²) in [5, 5.41) is 383. The Bertz CT molecular complexity index is 1900. The monoisotopic (exact) mass is 1650 g/mol. The molecular formula is C42H56O56Tc2. The van der Waals surface area contributed by atoms with Crippen molar-refractivity contribution in [2.75, 3.05) is 0 Å². The summed E-state index contributed by atoms with van der Waals surface area (Å²) in [6.07, 6.45) is -68.4. The van der Waals surface area contributed by atoms with E-state index < -0.39 is 254 Å². The summed E-state index contributed by atoms with van der Waals surface area (Å²) in [6, 6.07) is 0. The molecule has 0 spiro atoms. The summed E-state index contributed by atoms with van der Waals surface area (Å²) in [5.74, 6) is -29.5. The molecule has 0 bridgehead atoms. The molecule has 0 aliphatic carbocycles. The molecule has 0 saturated heterocycles. The van der Waals surface area contributed by atoms with Gasteiger partial charge in [0.2, 0.25) is 0 Å². The number of carboxylic acid groups (broad SMARTS) is 14. The van der Waals surface area contributed by atoms with Gasteiger partial charge in [-0.2, -0.15) is 0 Å². The van der Waals surface area contributed by atoms with Crippen LogP contribution in [-0.2, 0) is 107 Å². The minimum Gasteiger partial charge on any atom is -0.547 e. The summed E-state index contributed by atoms with van der Waals surface area (Å²) >= 11 is 0. The average Bonchev–Trinajstić information content (AvgIpc) is 0.962. The van der Waals surface area contributed by atoms with Gasteiger partial charge in [-0.15, -0.1) is 0 Å². The predicted molar refractivity (Wildman–Crippen MR) is 238 cm³/mol. The standard InChI is InChI=1S/7C6H10O8.2Tc/c7*7-1(3(9)5(11)12)2(8)4(10)6(13)14;;/h7*1-4,7-10H,(H,11,12)(H,13,14);;/q;;;;;;;2*+7/p-14/t7*1-,2-,3-,4+;;/m0000000../s1. The van der Waals surface area contributed by atoms with Crippen LogP contribution in [0, 0.1) is 0 Å². The van der Waals surface area contributed by atoms with Crippen molar-refractivity contribution in [2.24, 2.45) is 0 Å². The van der Waals surface area contributed by atoms with Gasteiger partial charge in [-0.3, -0.25) is 0 Å². The molecule has 0 rings (SSSR count). The molecule has 574 valence electrons. The third-order valence-corrected chi connectivity index (χ3v) is 10.4. The van der Waals surface area contributed by atoms with Gasteiger partial charge in [-0.05, 0) is 0 Å². The van der Waals surface area contributed by atoms with E-state index in [1.54, 1.807) is 0 Å². The second-order valence-corrected chi connectivity index (χ2v) is 17.6. The number of aliphatic hydroxyl groups excluding tert-OH is 28. The van der Waals surface area contributed by atoms with Gasteiger partial charge in [0.25, 0.3) is 0 Å². The smallest absolute Gasteiger partial charge is 0.547 e. The van der Waals surface area contributed by atoms with Crippen LogP contribution in [0.25, 0.3) is 0 Å². The average molecular weight is 1650 g/mol. The van der Waals surface area contributed by atoms with Crippen LogP contribution >= 0.6 is 0 Å². The van der Waals surface area contributed by atoms with Gasteiger partial charge in [0.1, 0.15) is 171 Å². The van der Waals surface area contributed by atoms with Crippen molar-refractivity contribution in [1.29, 1.82) is 0 Å². The number of carbonyl (C=O) groups is 14. The first-order valence-electron chi connectivity index (χ1n) is 24.0. The quantitative estimate of drug-likeness (QED) is 0.0280. The Morgan fingerprint density at radius 2 is 0.150 bits per heavy atom. The topological polar surface area (TPSA) is 1130 Å². The molecule has 0 radical (unpaired) electrons. The zero-order chi connectivity index (χ0) is 80.2. The van der Waals surface area contributed by atoms with Crippen LogP contribution in [0.5, 0.6) is 0 Å². The van der Waals surface area contributed by atoms with Crippen LogP contribution in [0.4, 0.5) is 0 Å². The van der Waals surface area contributed by atoms with Crippen LogP contribution in [0.3, 0.4) is 0 Å². The molecule has 28 N–H and O–H groups in total. The van der Waals surface area contributed by atoms with Gasteiger partial charge in [0.05, 0.1) is 83.6 Å². The Balaban J connectivity index is -0.000000138. The van der Waals surface area contributed by atoms with Crippen LogP contribution in [0.2, 0.25) is 0 Å². The fraction of sp³-hybridized carbons (Fsp3) is 0.667. The molecule has 28 atom stereocenters. The van der Waals surface area contributed by atoms with Crippen LogP contribution < -0.4 is 71.5 Å². The first kappa shape index (κ1) is 111. The van der Waals surface area contributed by atoms with E-state index in [1.165, 1.54) is 0 Å². The minimum atomic E-state index is -2.50. The van der Waals surface area contributed by atoms with Crippen molar-refractivity contribution in [3.8, 4) is 0 Å². The maximum Gasteiger partial charge on any atom is 7.00 e. The number of carboxylic acids is 14. The van der Waals surface area contributed by atoms with Crippen molar-refractivity contribution >= 4 is 83.6 Å². The van der Waals surface area contributed by atoms with Crippen molar-refractivity contribution in [3.05, 3.63) is 0 Å². The normalized spacial score (nSPS) is 19.0. The third kappa shape index (κ3) is 41.5. The molecule has 0 aromatic heterocycles. The Labute approximate surface area is 574 Å². The fourth-order valence-corrected chi connectivity index (χ4v) is 4.57. The molecule has 0 aromatic rings. The number of aliphatic hydroxyl groups is 28. The van der Waals surface area contributed by atoms with E-state index in [9.17, 15) is 139 Å². The van der Waals surface area contributed by atoms with Crippen molar-refractivity contribution in [2.45, 2.75) is 171 Å². The van der Waals surface area contributed by atoms with Crippen LogP contribution in [-0.4, -0.2) is 397 Å². The zero-order valence-electron chi connectivity index (χ0n) is 47.9. The number of aliphatic carboxylic acids is 14. The first-order valence-corrected chi connectivity index (χ1v) is 24.0.